The second-order valence-electron chi connectivity index (χ2n) is 7.06. The standard InChI is InChI=1S/C23H21N3O4/c1-14(27)24-16-10-11-21(30-2)18(12-16)25-19-13-22(28)26(23(19)29)20-9-5-7-15-6-3-4-8-17(15)20/h3-12,19,25H,13H2,1-2H3,(H,24,27). The Balaban J connectivity index is 1.64. The predicted molar refractivity (Wildman–Crippen MR) is 116 cm³/mol. The van der Waals surface area contributed by atoms with Gasteiger partial charge in [0.05, 0.1) is 24.9 Å². The lowest BCUT2D eigenvalue weighted by Crippen LogP contribution is -2.35. The highest BCUT2D eigenvalue weighted by Gasteiger charge is 2.40. The number of hydrogen-bond donors (Lipinski definition) is 2. The molecule has 1 heterocycles. The van der Waals surface area contributed by atoms with Crippen LogP contribution in [0.15, 0.2) is 60.7 Å². The average Bonchev–Trinajstić information content (AvgIpc) is 3.00. The highest BCUT2D eigenvalue weighted by atomic mass is 16.5. The van der Waals surface area contributed by atoms with Crippen molar-refractivity contribution in [3.63, 3.8) is 0 Å². The minimum Gasteiger partial charge on any atom is -0.495 e. The normalized spacial score (nSPS) is 16.1. The molecular weight excluding hydrogens is 382 g/mol. The number of amides is 3. The largest absolute Gasteiger partial charge is 0.495 e. The van der Waals surface area contributed by atoms with E-state index in [9.17, 15) is 14.4 Å². The number of fused-ring (bicyclic) bond motifs is 1. The van der Waals surface area contributed by atoms with Crippen LogP contribution in [0.5, 0.6) is 5.75 Å². The number of anilines is 3. The second-order valence-corrected chi connectivity index (χ2v) is 7.06. The molecule has 7 heteroatoms. The molecule has 0 radical (unpaired) electrons. The first-order valence-electron chi connectivity index (χ1n) is 9.54. The van der Waals surface area contributed by atoms with Gasteiger partial charge in [-0.15, -0.1) is 0 Å². The summed E-state index contributed by atoms with van der Waals surface area (Å²) in [5.74, 6) is -0.303. The monoisotopic (exact) mass is 403 g/mol. The summed E-state index contributed by atoms with van der Waals surface area (Å²) < 4.78 is 5.36. The van der Waals surface area contributed by atoms with Gasteiger partial charge in [0, 0.05) is 18.0 Å². The molecule has 2 N–H and O–H groups in total. The van der Waals surface area contributed by atoms with Crippen LogP contribution in [-0.4, -0.2) is 30.9 Å². The first-order valence-corrected chi connectivity index (χ1v) is 9.54. The number of nitrogens with zero attached hydrogens (tertiary/aromatic N) is 1. The minimum absolute atomic E-state index is 0.0234. The van der Waals surface area contributed by atoms with E-state index in [1.807, 2.05) is 36.4 Å². The molecule has 4 rings (SSSR count). The van der Waals surface area contributed by atoms with Crippen molar-refractivity contribution in [2.75, 3.05) is 22.6 Å². The van der Waals surface area contributed by atoms with Gasteiger partial charge >= 0.3 is 0 Å². The lowest BCUT2D eigenvalue weighted by molar-refractivity contribution is -0.121. The Morgan fingerprint density at radius 2 is 1.83 bits per heavy atom. The lowest BCUT2D eigenvalue weighted by Gasteiger charge is -2.19. The van der Waals surface area contributed by atoms with Crippen LogP contribution in [0.2, 0.25) is 0 Å². The number of hydrogen-bond acceptors (Lipinski definition) is 5. The number of rotatable bonds is 5. The third-order valence-electron chi connectivity index (χ3n) is 5.00. The molecule has 0 aromatic heterocycles. The molecule has 1 saturated heterocycles. The third-order valence-corrected chi connectivity index (χ3v) is 5.00. The zero-order valence-electron chi connectivity index (χ0n) is 16.6. The number of imide groups is 1. The number of carbonyl (C=O) groups excluding carboxylic acids is 3. The summed E-state index contributed by atoms with van der Waals surface area (Å²) in [5.41, 5.74) is 1.66. The highest BCUT2D eigenvalue weighted by Crippen LogP contribution is 2.34. The first-order chi connectivity index (χ1) is 14.5. The van der Waals surface area contributed by atoms with Gasteiger partial charge < -0.3 is 15.4 Å². The van der Waals surface area contributed by atoms with Gasteiger partial charge in [-0.2, -0.15) is 0 Å². The van der Waals surface area contributed by atoms with Crippen LogP contribution in [-0.2, 0) is 14.4 Å². The van der Waals surface area contributed by atoms with E-state index in [0.29, 0.717) is 22.8 Å². The molecule has 1 aliphatic heterocycles. The molecule has 0 aliphatic carbocycles. The van der Waals surface area contributed by atoms with E-state index in [2.05, 4.69) is 10.6 Å². The van der Waals surface area contributed by atoms with Gasteiger partial charge in [-0.05, 0) is 29.7 Å². The molecule has 1 atom stereocenters. The summed E-state index contributed by atoms with van der Waals surface area (Å²) in [6.07, 6.45) is 0.0234. The molecule has 30 heavy (non-hydrogen) atoms. The summed E-state index contributed by atoms with van der Waals surface area (Å²) in [6, 6.07) is 17.5. The minimum atomic E-state index is -0.738. The molecule has 1 fully saturated rings. The maximum atomic E-state index is 13.2. The van der Waals surface area contributed by atoms with Gasteiger partial charge in [-0.1, -0.05) is 36.4 Å². The van der Waals surface area contributed by atoms with Crippen LogP contribution >= 0.6 is 0 Å². The van der Waals surface area contributed by atoms with Crippen LogP contribution in [0, 0.1) is 0 Å². The predicted octanol–water partition coefficient (Wildman–Crippen LogP) is 3.55. The van der Waals surface area contributed by atoms with Gasteiger partial charge in [0.25, 0.3) is 5.91 Å². The number of ether oxygens (including phenoxy) is 1. The van der Waals surface area contributed by atoms with Gasteiger partial charge in [0.2, 0.25) is 11.8 Å². The molecule has 0 saturated carbocycles. The van der Waals surface area contributed by atoms with E-state index in [4.69, 9.17) is 4.74 Å². The molecule has 0 bridgehead atoms. The Hall–Kier alpha value is -3.87. The van der Waals surface area contributed by atoms with Crippen molar-refractivity contribution in [1.82, 2.24) is 0 Å². The fourth-order valence-corrected chi connectivity index (χ4v) is 3.69. The maximum Gasteiger partial charge on any atom is 0.256 e. The van der Waals surface area contributed by atoms with Gasteiger partial charge in [-0.25, -0.2) is 4.90 Å². The molecule has 3 amide bonds. The molecule has 0 spiro atoms. The number of carbonyl (C=O) groups is 3. The SMILES string of the molecule is COc1ccc(NC(C)=O)cc1NC1CC(=O)N(c2cccc3ccccc23)C1=O. The molecule has 1 aliphatic rings. The van der Waals surface area contributed by atoms with Gasteiger partial charge in [0.1, 0.15) is 11.8 Å². The van der Waals surface area contributed by atoms with Crippen LogP contribution in [0.25, 0.3) is 10.8 Å². The van der Waals surface area contributed by atoms with E-state index in [-0.39, 0.29) is 24.1 Å². The van der Waals surface area contributed by atoms with E-state index in [1.165, 1.54) is 18.9 Å². The first kappa shape index (κ1) is 19.4. The van der Waals surface area contributed by atoms with Crippen molar-refractivity contribution in [3.8, 4) is 5.75 Å². The Morgan fingerprint density at radius 1 is 1.07 bits per heavy atom. The topological polar surface area (TPSA) is 87.7 Å². The van der Waals surface area contributed by atoms with E-state index < -0.39 is 6.04 Å². The van der Waals surface area contributed by atoms with Crippen molar-refractivity contribution < 1.29 is 19.1 Å². The Bertz CT molecular complexity index is 1150. The molecule has 7 nitrogen and oxygen atoms in total. The summed E-state index contributed by atoms with van der Waals surface area (Å²) in [7, 11) is 1.52. The molecular formula is C23H21N3O4. The Kier molecular flexibility index (Phi) is 5.10. The zero-order chi connectivity index (χ0) is 21.3. The van der Waals surface area contributed by atoms with Crippen molar-refractivity contribution in [1.29, 1.82) is 0 Å². The molecule has 1 unspecified atom stereocenters. The van der Waals surface area contributed by atoms with Gasteiger partial charge in [0.15, 0.2) is 0 Å². The Morgan fingerprint density at radius 3 is 2.60 bits per heavy atom. The fraction of sp³-hybridized carbons (Fsp3) is 0.174. The third kappa shape index (κ3) is 3.57. The van der Waals surface area contributed by atoms with Crippen molar-refractivity contribution in [2.24, 2.45) is 0 Å². The molecule has 152 valence electrons. The number of methoxy groups -OCH3 is 1. The zero-order valence-corrected chi connectivity index (χ0v) is 16.6. The van der Waals surface area contributed by atoms with Crippen molar-refractivity contribution in [3.05, 3.63) is 60.7 Å². The second kappa shape index (κ2) is 7.87. The van der Waals surface area contributed by atoms with E-state index >= 15 is 0 Å². The number of nitrogens with one attached hydrogen (secondary N) is 2. The van der Waals surface area contributed by atoms with E-state index in [0.717, 1.165) is 10.8 Å². The average molecular weight is 403 g/mol. The summed E-state index contributed by atoms with van der Waals surface area (Å²) in [6.45, 7) is 1.42. The van der Waals surface area contributed by atoms with Crippen molar-refractivity contribution >= 4 is 45.6 Å². The van der Waals surface area contributed by atoms with Crippen LogP contribution in [0.1, 0.15) is 13.3 Å². The Labute approximate surface area is 173 Å². The van der Waals surface area contributed by atoms with Gasteiger partial charge in [-0.3, -0.25) is 14.4 Å². The number of benzene rings is 3. The summed E-state index contributed by atoms with van der Waals surface area (Å²) >= 11 is 0. The fourth-order valence-electron chi connectivity index (χ4n) is 3.69. The van der Waals surface area contributed by atoms with Crippen molar-refractivity contribution in [2.45, 2.75) is 19.4 Å². The quantitative estimate of drug-likeness (QED) is 0.636. The highest BCUT2D eigenvalue weighted by molar-refractivity contribution is 6.26. The van der Waals surface area contributed by atoms with E-state index in [1.54, 1.807) is 24.3 Å². The smallest absolute Gasteiger partial charge is 0.256 e. The van der Waals surface area contributed by atoms with Crippen LogP contribution < -0.4 is 20.3 Å². The van der Waals surface area contributed by atoms with Crippen LogP contribution in [0.4, 0.5) is 17.1 Å². The summed E-state index contributed by atoms with van der Waals surface area (Å²) in [4.78, 5) is 38.5. The van der Waals surface area contributed by atoms with Crippen LogP contribution in [0.3, 0.4) is 0 Å². The lowest BCUT2D eigenvalue weighted by atomic mass is 10.1. The summed E-state index contributed by atoms with van der Waals surface area (Å²) in [5, 5.41) is 7.61. The maximum absolute atomic E-state index is 13.2. The molecule has 3 aromatic carbocycles. The molecule has 3 aromatic rings.